The van der Waals surface area contributed by atoms with Crippen LogP contribution in [-0.2, 0) is 0 Å². The van der Waals surface area contributed by atoms with E-state index in [9.17, 15) is 4.79 Å². The molecule has 7 nitrogen and oxygen atoms in total. The molecule has 5 rings (SSSR count). The smallest absolute Gasteiger partial charge is 0.254 e. The van der Waals surface area contributed by atoms with Crippen molar-refractivity contribution in [3.8, 4) is 11.4 Å². The van der Waals surface area contributed by atoms with Gasteiger partial charge in [-0.15, -0.1) is 0 Å². The van der Waals surface area contributed by atoms with Crippen molar-refractivity contribution < 1.29 is 4.79 Å². The zero-order valence-electron chi connectivity index (χ0n) is 15.8. The second-order valence-electron chi connectivity index (χ2n) is 6.98. The first kappa shape index (κ1) is 17.8. The molecule has 0 aliphatic carbocycles. The summed E-state index contributed by atoms with van der Waals surface area (Å²) in [7, 11) is 0. The van der Waals surface area contributed by atoms with E-state index in [0.717, 1.165) is 42.3 Å². The highest BCUT2D eigenvalue weighted by Gasteiger charge is 2.24. The Morgan fingerprint density at radius 3 is 2.72 bits per heavy atom. The van der Waals surface area contributed by atoms with Gasteiger partial charge < -0.3 is 9.80 Å². The third kappa shape index (κ3) is 3.47. The van der Waals surface area contributed by atoms with Crippen molar-refractivity contribution >= 4 is 32.6 Å². The van der Waals surface area contributed by atoms with Crippen molar-refractivity contribution in [2.24, 2.45) is 0 Å². The lowest BCUT2D eigenvalue weighted by atomic mass is 10.1. The lowest BCUT2D eigenvalue weighted by Crippen LogP contribution is -2.35. The molecule has 2 aromatic heterocycles. The van der Waals surface area contributed by atoms with Crippen LogP contribution in [-0.4, -0.2) is 57.2 Å². The number of nitrogens with one attached hydrogen (secondary N) is 1. The summed E-state index contributed by atoms with van der Waals surface area (Å²) in [6, 6.07) is 15.8. The molecule has 1 N–H and O–H groups in total. The van der Waals surface area contributed by atoms with Crippen LogP contribution in [0.3, 0.4) is 0 Å². The number of anilines is 1. The Bertz CT molecular complexity index is 1110. The van der Waals surface area contributed by atoms with E-state index >= 15 is 0 Å². The second-order valence-corrected chi connectivity index (χ2v) is 7.99. The number of aromatic nitrogens is 4. The van der Waals surface area contributed by atoms with Crippen LogP contribution in [0.15, 0.2) is 54.9 Å². The number of rotatable bonds is 3. The van der Waals surface area contributed by atoms with Gasteiger partial charge in [0.15, 0.2) is 11.0 Å². The molecule has 1 amide bonds. The molecule has 4 aromatic rings. The zero-order valence-corrected chi connectivity index (χ0v) is 16.6. The topological polar surface area (TPSA) is 78.0 Å². The minimum absolute atomic E-state index is 0.0307. The Kier molecular flexibility index (Phi) is 4.69. The van der Waals surface area contributed by atoms with Crippen molar-refractivity contribution in [2.75, 3.05) is 31.1 Å². The number of hydrogen-bond donors (Lipinski definition) is 1. The lowest BCUT2D eigenvalue weighted by Gasteiger charge is -2.22. The van der Waals surface area contributed by atoms with E-state index < -0.39 is 0 Å². The number of hydrogen-bond acceptors (Lipinski definition) is 6. The van der Waals surface area contributed by atoms with Gasteiger partial charge in [0.1, 0.15) is 6.33 Å². The SMILES string of the molecule is O=C(c1ccccc1-c1ncn[nH]1)N1CCCN(c2nc3ccccc3s2)CC1. The van der Waals surface area contributed by atoms with Gasteiger partial charge >= 0.3 is 0 Å². The van der Waals surface area contributed by atoms with Crippen LogP contribution in [0.2, 0.25) is 0 Å². The number of aromatic amines is 1. The predicted molar refractivity (Wildman–Crippen MR) is 114 cm³/mol. The van der Waals surface area contributed by atoms with Crippen LogP contribution in [0.25, 0.3) is 21.6 Å². The first-order valence-corrected chi connectivity index (χ1v) is 10.5. The molecule has 1 aliphatic rings. The van der Waals surface area contributed by atoms with E-state index in [2.05, 4.69) is 26.1 Å². The Morgan fingerprint density at radius 2 is 1.86 bits per heavy atom. The molecular formula is C21H20N6OS. The molecule has 1 aliphatic heterocycles. The average Bonchev–Trinajstić information content (AvgIpc) is 3.38. The molecule has 0 saturated carbocycles. The van der Waals surface area contributed by atoms with Gasteiger partial charge in [0.2, 0.25) is 0 Å². The molecule has 146 valence electrons. The van der Waals surface area contributed by atoms with Crippen LogP contribution < -0.4 is 4.90 Å². The normalized spacial score (nSPS) is 14.9. The van der Waals surface area contributed by atoms with Gasteiger partial charge in [-0.2, -0.15) is 5.10 Å². The first-order chi connectivity index (χ1) is 14.3. The Morgan fingerprint density at radius 1 is 1.00 bits per heavy atom. The summed E-state index contributed by atoms with van der Waals surface area (Å²) in [5.74, 6) is 0.642. The molecule has 0 radical (unpaired) electrons. The Hall–Kier alpha value is -3.26. The number of benzene rings is 2. The van der Waals surface area contributed by atoms with Gasteiger partial charge in [-0.25, -0.2) is 9.97 Å². The summed E-state index contributed by atoms with van der Waals surface area (Å²) >= 11 is 1.71. The van der Waals surface area contributed by atoms with E-state index in [4.69, 9.17) is 4.98 Å². The molecule has 0 bridgehead atoms. The van der Waals surface area contributed by atoms with Gasteiger partial charge in [0, 0.05) is 31.7 Å². The van der Waals surface area contributed by atoms with Gasteiger partial charge in [0.25, 0.3) is 5.91 Å². The number of thiazole rings is 1. The van der Waals surface area contributed by atoms with Gasteiger partial charge in [0.05, 0.1) is 15.8 Å². The minimum Gasteiger partial charge on any atom is -0.346 e. The van der Waals surface area contributed by atoms with Crippen molar-refractivity contribution in [1.82, 2.24) is 25.1 Å². The summed E-state index contributed by atoms with van der Waals surface area (Å²) in [5, 5.41) is 7.80. The molecule has 29 heavy (non-hydrogen) atoms. The number of H-pyrrole nitrogens is 1. The highest BCUT2D eigenvalue weighted by atomic mass is 32.1. The van der Waals surface area contributed by atoms with Crippen molar-refractivity contribution in [2.45, 2.75) is 6.42 Å². The van der Waals surface area contributed by atoms with E-state index in [-0.39, 0.29) is 5.91 Å². The van der Waals surface area contributed by atoms with Gasteiger partial charge in [-0.3, -0.25) is 9.89 Å². The summed E-state index contributed by atoms with van der Waals surface area (Å²) < 4.78 is 1.20. The number of amides is 1. The second kappa shape index (κ2) is 7.63. The van der Waals surface area contributed by atoms with E-state index in [1.54, 1.807) is 11.3 Å². The van der Waals surface area contributed by atoms with Crippen LogP contribution in [0, 0.1) is 0 Å². The third-order valence-corrected chi connectivity index (χ3v) is 6.26. The largest absolute Gasteiger partial charge is 0.346 e. The van der Waals surface area contributed by atoms with E-state index in [1.807, 2.05) is 47.4 Å². The fourth-order valence-electron chi connectivity index (χ4n) is 3.69. The lowest BCUT2D eigenvalue weighted by molar-refractivity contribution is 0.0767. The fraction of sp³-hybridized carbons (Fsp3) is 0.238. The number of fused-ring (bicyclic) bond motifs is 1. The number of carbonyl (C=O) groups excluding carboxylic acids is 1. The maximum atomic E-state index is 13.3. The summed E-state index contributed by atoms with van der Waals surface area (Å²) in [6.07, 6.45) is 2.37. The molecule has 1 saturated heterocycles. The maximum Gasteiger partial charge on any atom is 0.254 e. The summed E-state index contributed by atoms with van der Waals surface area (Å²) in [5.41, 5.74) is 2.46. The molecule has 1 fully saturated rings. The number of carbonyl (C=O) groups is 1. The third-order valence-electron chi connectivity index (χ3n) is 5.16. The van der Waals surface area contributed by atoms with Crippen LogP contribution in [0.4, 0.5) is 5.13 Å². The number of para-hydroxylation sites is 1. The van der Waals surface area contributed by atoms with Gasteiger partial charge in [-0.1, -0.05) is 41.7 Å². The average molecular weight is 404 g/mol. The fourth-order valence-corrected chi connectivity index (χ4v) is 4.71. The molecular weight excluding hydrogens is 384 g/mol. The summed E-state index contributed by atoms with van der Waals surface area (Å²) in [4.78, 5) is 26.5. The van der Waals surface area contributed by atoms with Crippen molar-refractivity contribution in [1.29, 1.82) is 0 Å². The summed E-state index contributed by atoms with van der Waals surface area (Å²) in [6.45, 7) is 3.06. The molecule has 0 unspecified atom stereocenters. The Balaban J connectivity index is 1.35. The highest BCUT2D eigenvalue weighted by molar-refractivity contribution is 7.22. The standard InChI is InChI=1S/C21H20N6OS/c28-20(16-7-2-1-6-15(16)19-22-14-23-25-19)26-10-5-11-27(13-12-26)21-24-17-8-3-4-9-18(17)29-21/h1-4,6-9,14H,5,10-13H2,(H,22,23,25). The molecule has 0 spiro atoms. The zero-order chi connectivity index (χ0) is 19.6. The quantitative estimate of drug-likeness (QED) is 0.566. The van der Waals surface area contributed by atoms with Gasteiger partial charge in [-0.05, 0) is 24.6 Å². The molecule has 8 heteroatoms. The maximum absolute atomic E-state index is 13.3. The molecule has 0 atom stereocenters. The monoisotopic (exact) mass is 404 g/mol. The van der Waals surface area contributed by atoms with Crippen molar-refractivity contribution in [3.63, 3.8) is 0 Å². The Labute approximate surface area is 172 Å². The van der Waals surface area contributed by atoms with E-state index in [1.165, 1.54) is 11.0 Å². The predicted octanol–water partition coefficient (Wildman–Crippen LogP) is 3.43. The number of nitrogens with zero attached hydrogens (tertiary/aromatic N) is 5. The highest BCUT2D eigenvalue weighted by Crippen LogP contribution is 2.29. The van der Waals surface area contributed by atoms with Crippen LogP contribution in [0.1, 0.15) is 16.8 Å². The van der Waals surface area contributed by atoms with Crippen LogP contribution in [0.5, 0.6) is 0 Å². The minimum atomic E-state index is 0.0307. The van der Waals surface area contributed by atoms with Crippen molar-refractivity contribution in [3.05, 3.63) is 60.4 Å². The van der Waals surface area contributed by atoms with Crippen LogP contribution >= 0.6 is 11.3 Å². The first-order valence-electron chi connectivity index (χ1n) is 9.64. The molecule has 2 aromatic carbocycles. The molecule has 3 heterocycles. The van der Waals surface area contributed by atoms with E-state index in [0.29, 0.717) is 17.9 Å².